The summed E-state index contributed by atoms with van der Waals surface area (Å²) in [5.41, 5.74) is 2.14. The monoisotopic (exact) mass is 566 g/mol. The van der Waals surface area contributed by atoms with Crippen LogP contribution in [0.1, 0.15) is 24.0 Å². The number of methoxy groups -OCH3 is 1. The predicted molar refractivity (Wildman–Crippen MR) is 142 cm³/mol. The van der Waals surface area contributed by atoms with Crippen LogP contribution in [0.25, 0.3) is 0 Å². The van der Waals surface area contributed by atoms with E-state index in [9.17, 15) is 4.79 Å². The highest BCUT2D eigenvalue weighted by molar-refractivity contribution is 14.0. The zero-order chi connectivity index (χ0) is 22.8. The molecule has 0 bridgehead atoms. The number of morpholine rings is 1. The number of ether oxygens (including phenoxy) is 2. The fourth-order valence-corrected chi connectivity index (χ4v) is 3.74. The Bertz CT molecular complexity index is 871. The van der Waals surface area contributed by atoms with Crippen molar-refractivity contribution < 1.29 is 14.3 Å². The topological polar surface area (TPSA) is 66.4 Å². The van der Waals surface area contributed by atoms with Gasteiger partial charge in [0.25, 0.3) is 0 Å². The summed E-state index contributed by atoms with van der Waals surface area (Å²) >= 11 is 0. The molecule has 1 aliphatic heterocycles. The van der Waals surface area contributed by atoms with E-state index >= 15 is 0 Å². The number of hydrogen-bond donors (Lipinski definition) is 1. The molecule has 180 valence electrons. The first-order chi connectivity index (χ1) is 15.6. The van der Waals surface area contributed by atoms with E-state index in [0.717, 1.165) is 29.4 Å². The van der Waals surface area contributed by atoms with E-state index in [1.165, 1.54) is 0 Å². The Labute approximate surface area is 214 Å². The van der Waals surface area contributed by atoms with E-state index in [1.54, 1.807) is 7.11 Å². The molecule has 1 saturated heterocycles. The van der Waals surface area contributed by atoms with Crippen LogP contribution in [-0.2, 0) is 16.1 Å². The van der Waals surface area contributed by atoms with Gasteiger partial charge in [-0.25, -0.2) is 0 Å². The number of rotatable bonds is 8. The van der Waals surface area contributed by atoms with Gasteiger partial charge < -0.3 is 24.6 Å². The maximum Gasteiger partial charge on any atom is 0.232 e. The van der Waals surface area contributed by atoms with Crippen LogP contribution in [0.4, 0.5) is 0 Å². The van der Waals surface area contributed by atoms with Crippen molar-refractivity contribution >= 4 is 35.8 Å². The molecular formula is C25H35IN4O3. The molecule has 1 amide bonds. The molecule has 33 heavy (non-hydrogen) atoms. The van der Waals surface area contributed by atoms with Gasteiger partial charge in [-0.2, -0.15) is 0 Å². The first-order valence-corrected chi connectivity index (χ1v) is 11.2. The Kier molecular flexibility index (Phi) is 11.5. The maximum atomic E-state index is 13.3. The average Bonchev–Trinajstić information content (AvgIpc) is 2.85. The van der Waals surface area contributed by atoms with Gasteiger partial charge in [0.15, 0.2) is 5.96 Å². The van der Waals surface area contributed by atoms with Gasteiger partial charge in [-0.15, -0.1) is 24.0 Å². The van der Waals surface area contributed by atoms with Gasteiger partial charge in [-0.1, -0.05) is 42.5 Å². The molecule has 1 fully saturated rings. The van der Waals surface area contributed by atoms with Gasteiger partial charge in [-0.3, -0.25) is 9.79 Å². The molecule has 1 aliphatic rings. The number of hydrogen-bond acceptors (Lipinski definition) is 4. The van der Waals surface area contributed by atoms with Crippen LogP contribution in [0, 0.1) is 0 Å². The highest BCUT2D eigenvalue weighted by Crippen LogP contribution is 2.20. The Balaban J connectivity index is 0.00000385. The largest absolute Gasteiger partial charge is 0.497 e. The molecule has 0 spiro atoms. The van der Waals surface area contributed by atoms with Crippen LogP contribution in [-0.4, -0.2) is 75.2 Å². The van der Waals surface area contributed by atoms with Gasteiger partial charge in [0.05, 0.1) is 32.8 Å². The normalized spacial score (nSPS) is 14.8. The minimum Gasteiger partial charge on any atom is -0.497 e. The second-order valence-electron chi connectivity index (χ2n) is 7.80. The van der Waals surface area contributed by atoms with Gasteiger partial charge in [0.2, 0.25) is 5.91 Å². The fourth-order valence-electron chi connectivity index (χ4n) is 3.74. The van der Waals surface area contributed by atoms with Crippen molar-refractivity contribution in [1.82, 2.24) is 15.1 Å². The molecule has 2 aromatic rings. The quantitative estimate of drug-likeness (QED) is 0.302. The van der Waals surface area contributed by atoms with Crippen molar-refractivity contribution in [2.45, 2.75) is 19.4 Å². The summed E-state index contributed by atoms with van der Waals surface area (Å²) in [5.74, 6) is 1.40. The summed E-state index contributed by atoms with van der Waals surface area (Å²) in [6, 6.07) is 17.9. The molecule has 3 rings (SSSR count). The van der Waals surface area contributed by atoms with Gasteiger partial charge in [-0.05, 0) is 30.2 Å². The standard InChI is InChI=1S/C25H34N4O3.HI/c1-4-26-25(28(2)19-20-10-12-22(31-3)13-11-20)27-18-23(21-8-6-5-7-9-21)24(30)29-14-16-32-17-15-29;/h5-13,23H,4,14-19H2,1-3H3,(H,26,27);1H. The second-order valence-corrected chi connectivity index (χ2v) is 7.80. The van der Waals surface area contributed by atoms with Gasteiger partial charge >= 0.3 is 0 Å². The molecule has 0 aromatic heterocycles. The number of carbonyl (C=O) groups excluding carboxylic acids is 1. The molecule has 1 N–H and O–H groups in total. The molecule has 1 heterocycles. The van der Waals surface area contributed by atoms with Gasteiger partial charge in [0.1, 0.15) is 5.75 Å². The number of nitrogens with one attached hydrogen (secondary N) is 1. The van der Waals surface area contributed by atoms with Crippen molar-refractivity contribution in [1.29, 1.82) is 0 Å². The Morgan fingerprint density at radius 2 is 1.82 bits per heavy atom. The van der Waals surface area contributed by atoms with E-state index in [2.05, 4.69) is 10.2 Å². The van der Waals surface area contributed by atoms with Crippen LogP contribution in [0.15, 0.2) is 59.6 Å². The van der Waals surface area contributed by atoms with Crippen LogP contribution < -0.4 is 10.1 Å². The zero-order valence-electron chi connectivity index (χ0n) is 19.7. The summed E-state index contributed by atoms with van der Waals surface area (Å²) in [5, 5.41) is 3.36. The lowest BCUT2D eigenvalue weighted by Gasteiger charge is -2.30. The number of guanidine groups is 1. The van der Waals surface area contributed by atoms with Crippen LogP contribution in [0.2, 0.25) is 0 Å². The van der Waals surface area contributed by atoms with Crippen molar-refractivity contribution in [3.63, 3.8) is 0 Å². The van der Waals surface area contributed by atoms with E-state index in [4.69, 9.17) is 14.5 Å². The molecule has 1 atom stereocenters. The van der Waals surface area contributed by atoms with Crippen molar-refractivity contribution in [2.24, 2.45) is 4.99 Å². The van der Waals surface area contributed by atoms with E-state index < -0.39 is 0 Å². The summed E-state index contributed by atoms with van der Waals surface area (Å²) in [6.07, 6.45) is 0. The molecule has 2 aromatic carbocycles. The number of halogens is 1. The SMILES string of the molecule is CCNC(=NCC(C(=O)N1CCOCC1)c1ccccc1)N(C)Cc1ccc(OC)cc1.I. The smallest absolute Gasteiger partial charge is 0.232 e. The van der Waals surface area contributed by atoms with E-state index in [0.29, 0.717) is 39.4 Å². The predicted octanol–water partition coefficient (Wildman–Crippen LogP) is 3.35. The molecule has 1 unspecified atom stereocenters. The molecule has 0 aliphatic carbocycles. The highest BCUT2D eigenvalue weighted by Gasteiger charge is 2.27. The number of carbonyl (C=O) groups is 1. The minimum absolute atomic E-state index is 0. The third-order valence-corrected chi connectivity index (χ3v) is 5.52. The van der Waals surface area contributed by atoms with Crippen molar-refractivity contribution in [2.75, 3.05) is 53.6 Å². The number of amides is 1. The third-order valence-electron chi connectivity index (χ3n) is 5.52. The third kappa shape index (κ3) is 7.89. The lowest BCUT2D eigenvalue weighted by Crippen LogP contribution is -2.44. The van der Waals surface area contributed by atoms with Crippen molar-refractivity contribution in [3.05, 3.63) is 65.7 Å². The number of nitrogens with zero attached hydrogens (tertiary/aromatic N) is 3. The highest BCUT2D eigenvalue weighted by atomic mass is 127. The summed E-state index contributed by atoms with van der Waals surface area (Å²) in [7, 11) is 3.67. The zero-order valence-corrected chi connectivity index (χ0v) is 22.0. The lowest BCUT2D eigenvalue weighted by atomic mass is 9.97. The van der Waals surface area contributed by atoms with Crippen LogP contribution >= 0.6 is 24.0 Å². The minimum atomic E-state index is -0.322. The number of benzene rings is 2. The fraction of sp³-hybridized carbons (Fsp3) is 0.440. The Morgan fingerprint density at radius 1 is 1.15 bits per heavy atom. The molecule has 0 radical (unpaired) electrons. The van der Waals surface area contributed by atoms with E-state index in [1.807, 2.05) is 73.5 Å². The Morgan fingerprint density at radius 3 is 2.42 bits per heavy atom. The van der Waals surface area contributed by atoms with Crippen LogP contribution in [0.5, 0.6) is 5.75 Å². The molecule has 0 saturated carbocycles. The summed E-state index contributed by atoms with van der Waals surface area (Å²) < 4.78 is 10.7. The number of aliphatic imine (C=N–C) groups is 1. The van der Waals surface area contributed by atoms with Crippen molar-refractivity contribution in [3.8, 4) is 5.75 Å². The summed E-state index contributed by atoms with van der Waals surface area (Å²) in [6.45, 7) is 6.31. The lowest BCUT2D eigenvalue weighted by molar-refractivity contribution is -0.136. The summed E-state index contributed by atoms with van der Waals surface area (Å²) in [4.78, 5) is 22.2. The van der Waals surface area contributed by atoms with E-state index in [-0.39, 0.29) is 35.8 Å². The second kappa shape index (κ2) is 14.0. The first-order valence-electron chi connectivity index (χ1n) is 11.2. The maximum absolute atomic E-state index is 13.3. The molecule has 7 nitrogen and oxygen atoms in total. The van der Waals surface area contributed by atoms with Gasteiger partial charge in [0, 0.05) is 33.2 Å². The average molecular weight is 566 g/mol. The molecule has 8 heteroatoms. The van der Waals surface area contributed by atoms with Crippen LogP contribution in [0.3, 0.4) is 0 Å². The molecular weight excluding hydrogens is 531 g/mol. The Hall–Kier alpha value is -2.33. The first kappa shape index (κ1) is 26.9.